The molecule has 2 nitrogen and oxygen atoms in total. The summed E-state index contributed by atoms with van der Waals surface area (Å²) < 4.78 is 2.81. The van der Waals surface area contributed by atoms with Gasteiger partial charge >= 0.3 is 0 Å². The molecule has 0 saturated heterocycles. The molecule has 2 N–H and O–H groups in total. The maximum absolute atomic E-state index is 10.3. The molecule has 1 saturated carbocycles. The topological polar surface area (TPSA) is 40.5 Å². The predicted octanol–water partition coefficient (Wildman–Crippen LogP) is 9.74. The first-order chi connectivity index (χ1) is 14.3. The van der Waals surface area contributed by atoms with Gasteiger partial charge in [-0.25, -0.2) is 0 Å². The Morgan fingerprint density at radius 1 is 0.500 bits per heavy atom. The van der Waals surface area contributed by atoms with Gasteiger partial charge < -0.3 is 10.2 Å². The molecule has 1 fully saturated rings. The molecule has 2 aromatic rings. The fraction of sp³-hybridized carbons (Fsp3) is 0.500. The molecule has 0 radical (unpaired) electrons. The van der Waals surface area contributed by atoms with E-state index in [-0.39, 0.29) is 16.9 Å². The number of rotatable bonds is 2. The van der Waals surface area contributed by atoms with E-state index >= 15 is 0 Å². The Bertz CT molecular complexity index is 764. The van der Waals surface area contributed by atoms with Crippen molar-refractivity contribution in [2.75, 3.05) is 0 Å². The van der Waals surface area contributed by atoms with Crippen LogP contribution in [0.2, 0.25) is 0 Å². The van der Waals surface area contributed by atoms with Crippen LogP contribution in [0.3, 0.4) is 0 Å². The number of aromatic hydroxyl groups is 2. The second-order valence-electron chi connectivity index (χ2n) is 8.34. The van der Waals surface area contributed by atoms with Gasteiger partial charge in [0.05, 0.1) is 17.9 Å². The number of hydrogen-bond acceptors (Lipinski definition) is 2. The normalized spacial score (nSPS) is 18.4. The lowest BCUT2D eigenvalue weighted by Gasteiger charge is -2.37. The molecule has 0 unspecified atom stereocenters. The van der Waals surface area contributed by atoms with E-state index < -0.39 is 0 Å². The molecule has 6 heteroatoms. The maximum atomic E-state index is 10.3. The molecule has 0 amide bonds. The zero-order valence-corrected chi connectivity index (χ0v) is 23.3. The summed E-state index contributed by atoms with van der Waals surface area (Å²) in [5.41, 5.74) is 2.21. The molecule has 0 spiro atoms. The summed E-state index contributed by atoms with van der Waals surface area (Å²) in [6.07, 6.45) is 13.5. The van der Waals surface area contributed by atoms with Crippen molar-refractivity contribution in [3.63, 3.8) is 0 Å². The van der Waals surface area contributed by atoms with E-state index in [4.69, 9.17) is 0 Å². The molecule has 0 bridgehead atoms. The Morgan fingerprint density at radius 3 is 1.07 bits per heavy atom. The van der Waals surface area contributed by atoms with Gasteiger partial charge in [0.15, 0.2) is 0 Å². The molecule has 2 aromatic carbocycles. The van der Waals surface area contributed by atoms with E-state index in [1.807, 2.05) is 0 Å². The van der Waals surface area contributed by atoms with Crippen LogP contribution in [0.25, 0.3) is 0 Å². The summed E-state index contributed by atoms with van der Waals surface area (Å²) >= 11 is 14.2. The minimum absolute atomic E-state index is 0.184. The number of phenolic OH excluding ortho intramolecular Hbond substituents is 2. The highest BCUT2D eigenvalue weighted by molar-refractivity contribution is 9.11. The molecule has 3 rings (SSSR count). The first-order valence-corrected chi connectivity index (χ1v) is 13.9. The zero-order chi connectivity index (χ0) is 21.7. The molecule has 1 aliphatic carbocycles. The van der Waals surface area contributed by atoms with E-state index in [1.165, 1.54) is 56.1 Å². The summed E-state index contributed by atoms with van der Waals surface area (Å²) in [6, 6.07) is 8.28. The van der Waals surface area contributed by atoms with Crippen molar-refractivity contribution in [2.45, 2.75) is 76.0 Å². The first-order valence-electron chi connectivity index (χ1n) is 10.7. The van der Waals surface area contributed by atoms with Crippen LogP contribution in [-0.4, -0.2) is 10.2 Å². The van der Waals surface area contributed by atoms with Gasteiger partial charge in [0.2, 0.25) is 0 Å². The van der Waals surface area contributed by atoms with Gasteiger partial charge in [-0.2, -0.15) is 0 Å². The molecular formula is C24H28Br4O2. The van der Waals surface area contributed by atoms with E-state index in [0.717, 1.165) is 25.7 Å². The molecule has 0 atom stereocenters. The fourth-order valence-electron chi connectivity index (χ4n) is 4.64. The summed E-state index contributed by atoms with van der Waals surface area (Å²) in [6.45, 7) is 0. The Kier molecular flexibility index (Phi) is 9.18. The monoisotopic (exact) mass is 664 g/mol. The minimum atomic E-state index is -0.184. The van der Waals surface area contributed by atoms with Crippen molar-refractivity contribution < 1.29 is 10.2 Å². The second kappa shape index (κ2) is 11.2. The number of halogens is 4. The van der Waals surface area contributed by atoms with Crippen molar-refractivity contribution in [1.29, 1.82) is 0 Å². The number of phenols is 2. The second-order valence-corrected chi connectivity index (χ2v) is 11.8. The molecule has 0 heterocycles. The predicted molar refractivity (Wildman–Crippen MR) is 139 cm³/mol. The highest BCUT2D eigenvalue weighted by Gasteiger charge is 2.35. The largest absolute Gasteiger partial charge is 0.506 e. The Labute approximate surface area is 213 Å². The average Bonchev–Trinajstić information content (AvgIpc) is 2.70. The summed E-state index contributed by atoms with van der Waals surface area (Å²) in [5.74, 6) is 0.463. The van der Waals surface area contributed by atoms with Crippen LogP contribution >= 0.6 is 63.7 Å². The standard InChI is InChI=1S/C24H28Br4O2/c25-18-12-16(13-19(26)22(18)29)24(17-14-20(27)23(30)21(28)15-17)10-8-6-4-2-1-3-5-7-9-11-24/h12-15,29-30H,1-11H2. The van der Waals surface area contributed by atoms with Crippen LogP contribution in [0.1, 0.15) is 81.8 Å². The van der Waals surface area contributed by atoms with Crippen LogP contribution in [0.4, 0.5) is 0 Å². The van der Waals surface area contributed by atoms with E-state index in [0.29, 0.717) is 17.9 Å². The van der Waals surface area contributed by atoms with Crippen LogP contribution < -0.4 is 0 Å². The lowest BCUT2D eigenvalue weighted by atomic mass is 9.67. The molecule has 164 valence electrons. The summed E-state index contributed by atoms with van der Waals surface area (Å²) in [7, 11) is 0. The third-order valence-corrected chi connectivity index (χ3v) is 8.76. The van der Waals surface area contributed by atoms with Crippen molar-refractivity contribution >= 4 is 63.7 Å². The SMILES string of the molecule is Oc1c(Br)cc(C2(c3cc(Br)c(O)c(Br)c3)CCCCCCCCCCC2)cc1Br. The van der Waals surface area contributed by atoms with Gasteiger partial charge in [0.1, 0.15) is 11.5 Å². The Hall–Kier alpha value is -0.0400. The van der Waals surface area contributed by atoms with Gasteiger partial charge in [-0.15, -0.1) is 0 Å². The molecule has 0 aliphatic heterocycles. The van der Waals surface area contributed by atoms with Crippen molar-refractivity contribution in [3.05, 3.63) is 53.3 Å². The third-order valence-electron chi connectivity index (χ3n) is 6.35. The maximum Gasteiger partial charge on any atom is 0.143 e. The fourth-order valence-corrected chi connectivity index (χ4v) is 7.02. The lowest BCUT2D eigenvalue weighted by Crippen LogP contribution is -2.28. The molecule has 0 aromatic heterocycles. The highest BCUT2D eigenvalue weighted by Crippen LogP contribution is 2.48. The van der Waals surface area contributed by atoms with Crippen LogP contribution in [0, 0.1) is 0 Å². The Balaban J connectivity index is 2.15. The van der Waals surface area contributed by atoms with Crippen LogP contribution in [-0.2, 0) is 5.41 Å². The first kappa shape index (κ1) is 24.6. The van der Waals surface area contributed by atoms with E-state index in [1.54, 1.807) is 0 Å². The minimum Gasteiger partial charge on any atom is -0.506 e. The van der Waals surface area contributed by atoms with E-state index in [9.17, 15) is 10.2 Å². The Morgan fingerprint density at radius 2 is 0.767 bits per heavy atom. The van der Waals surface area contributed by atoms with Crippen LogP contribution in [0.5, 0.6) is 11.5 Å². The quantitative estimate of drug-likeness (QED) is 0.335. The highest BCUT2D eigenvalue weighted by atomic mass is 79.9. The van der Waals surface area contributed by atoms with Gasteiger partial charge in [0.25, 0.3) is 0 Å². The smallest absolute Gasteiger partial charge is 0.143 e. The van der Waals surface area contributed by atoms with Crippen LogP contribution in [0.15, 0.2) is 42.2 Å². The molecule has 30 heavy (non-hydrogen) atoms. The zero-order valence-electron chi connectivity index (χ0n) is 17.0. The number of hydrogen-bond donors (Lipinski definition) is 2. The third kappa shape index (κ3) is 5.65. The van der Waals surface area contributed by atoms with Crippen molar-refractivity contribution in [3.8, 4) is 11.5 Å². The lowest BCUT2D eigenvalue weighted by molar-refractivity contribution is 0.380. The number of benzene rings is 2. The van der Waals surface area contributed by atoms with Crippen molar-refractivity contribution in [1.82, 2.24) is 0 Å². The average molecular weight is 668 g/mol. The van der Waals surface area contributed by atoms with Gasteiger partial charge in [-0.1, -0.05) is 57.8 Å². The van der Waals surface area contributed by atoms with Gasteiger partial charge in [-0.3, -0.25) is 0 Å². The van der Waals surface area contributed by atoms with Gasteiger partial charge in [0, 0.05) is 5.41 Å². The summed E-state index contributed by atoms with van der Waals surface area (Å²) in [5, 5.41) is 20.6. The van der Waals surface area contributed by atoms with E-state index in [2.05, 4.69) is 88.0 Å². The summed E-state index contributed by atoms with van der Waals surface area (Å²) in [4.78, 5) is 0. The van der Waals surface area contributed by atoms with Crippen molar-refractivity contribution in [2.24, 2.45) is 0 Å². The molecular weight excluding hydrogens is 640 g/mol. The molecule has 1 aliphatic rings. The van der Waals surface area contributed by atoms with Gasteiger partial charge in [-0.05, 0) is 112 Å².